The first-order valence-electron chi connectivity index (χ1n) is 9.38. The Morgan fingerprint density at radius 3 is 1.91 bits per heavy atom. The van der Waals surface area contributed by atoms with Crippen LogP contribution in [0.5, 0.6) is 0 Å². The molecule has 6 rings (SSSR count). The second-order valence-corrected chi connectivity index (χ2v) is 8.64. The molecule has 118 valence electrons. The molecule has 0 atom stereocenters. The van der Waals surface area contributed by atoms with Crippen LogP contribution in [0.1, 0.15) is 49.7 Å². The van der Waals surface area contributed by atoms with E-state index in [0.717, 1.165) is 17.8 Å². The Bertz CT molecular complexity index is 687. The van der Waals surface area contributed by atoms with Crippen LogP contribution in [0.2, 0.25) is 0 Å². The van der Waals surface area contributed by atoms with Gasteiger partial charge in [-0.1, -0.05) is 54.1 Å². The number of aryl methyl sites for hydroxylation is 1. The summed E-state index contributed by atoms with van der Waals surface area (Å²) >= 11 is 0. The molecule has 0 radical (unpaired) electrons. The van der Waals surface area contributed by atoms with Crippen molar-refractivity contribution in [1.29, 1.82) is 0 Å². The van der Waals surface area contributed by atoms with Crippen molar-refractivity contribution < 1.29 is 0 Å². The lowest BCUT2D eigenvalue weighted by Gasteiger charge is -2.57. The average Bonchev–Trinajstić information content (AvgIpc) is 2.54. The summed E-state index contributed by atoms with van der Waals surface area (Å²) in [6.45, 7) is 2.17. The molecule has 0 nitrogen and oxygen atoms in total. The molecule has 23 heavy (non-hydrogen) atoms. The largest absolute Gasteiger partial charge is 0.0614 e. The summed E-state index contributed by atoms with van der Waals surface area (Å²) in [5.74, 6) is 3.08. The van der Waals surface area contributed by atoms with Gasteiger partial charge in [0.15, 0.2) is 0 Å². The highest BCUT2D eigenvalue weighted by Crippen LogP contribution is 2.60. The molecule has 0 spiro atoms. The first-order valence-corrected chi connectivity index (χ1v) is 9.38. The van der Waals surface area contributed by atoms with E-state index in [1.165, 1.54) is 55.2 Å². The van der Waals surface area contributed by atoms with E-state index in [1.807, 2.05) is 0 Å². The molecule has 0 heteroatoms. The third-order valence-electron chi connectivity index (χ3n) is 6.89. The van der Waals surface area contributed by atoms with Gasteiger partial charge in [0, 0.05) is 0 Å². The fourth-order valence-corrected chi connectivity index (χ4v) is 6.31. The van der Waals surface area contributed by atoms with E-state index in [0.29, 0.717) is 5.41 Å². The Labute approximate surface area is 139 Å². The van der Waals surface area contributed by atoms with Gasteiger partial charge in [0.2, 0.25) is 0 Å². The van der Waals surface area contributed by atoms with E-state index < -0.39 is 0 Å². The fourth-order valence-electron chi connectivity index (χ4n) is 6.31. The fraction of sp³-hybridized carbons (Fsp3) is 0.478. The van der Waals surface area contributed by atoms with E-state index in [1.54, 1.807) is 5.56 Å². The van der Waals surface area contributed by atoms with Crippen molar-refractivity contribution in [3.63, 3.8) is 0 Å². The lowest BCUT2D eigenvalue weighted by atomic mass is 9.48. The zero-order valence-electron chi connectivity index (χ0n) is 14.1. The Kier molecular flexibility index (Phi) is 2.99. The van der Waals surface area contributed by atoms with Gasteiger partial charge < -0.3 is 0 Å². The van der Waals surface area contributed by atoms with Crippen molar-refractivity contribution in [2.45, 2.75) is 50.9 Å². The van der Waals surface area contributed by atoms with Gasteiger partial charge in [-0.15, -0.1) is 0 Å². The third-order valence-corrected chi connectivity index (χ3v) is 6.89. The van der Waals surface area contributed by atoms with E-state index in [2.05, 4.69) is 55.5 Å². The van der Waals surface area contributed by atoms with Crippen molar-refractivity contribution in [3.05, 3.63) is 59.7 Å². The summed E-state index contributed by atoms with van der Waals surface area (Å²) in [6, 6.07) is 18.5. The minimum absolute atomic E-state index is 0.528. The van der Waals surface area contributed by atoms with Crippen molar-refractivity contribution >= 4 is 0 Å². The molecule has 2 aromatic rings. The molecule has 2 aromatic carbocycles. The summed E-state index contributed by atoms with van der Waals surface area (Å²) in [4.78, 5) is 0. The smallest absolute Gasteiger partial charge is 0.00391 e. The van der Waals surface area contributed by atoms with E-state index in [9.17, 15) is 0 Å². The van der Waals surface area contributed by atoms with E-state index in [4.69, 9.17) is 0 Å². The SMILES string of the molecule is Cc1cccc(-c2ccc(C34CC5CC(CC(C5)C3)C4)cc2)c1. The van der Waals surface area contributed by atoms with Gasteiger partial charge in [0.1, 0.15) is 0 Å². The van der Waals surface area contributed by atoms with Gasteiger partial charge in [-0.25, -0.2) is 0 Å². The van der Waals surface area contributed by atoms with Crippen LogP contribution in [0.4, 0.5) is 0 Å². The molecule has 0 amide bonds. The summed E-state index contributed by atoms with van der Waals surface area (Å²) in [6.07, 6.45) is 8.97. The number of hydrogen-bond acceptors (Lipinski definition) is 0. The first kappa shape index (κ1) is 13.8. The van der Waals surface area contributed by atoms with Crippen LogP contribution in [0.15, 0.2) is 48.5 Å². The van der Waals surface area contributed by atoms with Crippen LogP contribution in [0, 0.1) is 24.7 Å². The van der Waals surface area contributed by atoms with Crippen LogP contribution < -0.4 is 0 Å². The van der Waals surface area contributed by atoms with Crippen molar-refractivity contribution in [3.8, 4) is 11.1 Å². The highest BCUT2D eigenvalue weighted by Gasteiger charge is 2.51. The van der Waals surface area contributed by atoms with Crippen LogP contribution in [-0.2, 0) is 5.41 Å². The zero-order valence-corrected chi connectivity index (χ0v) is 14.1. The Morgan fingerprint density at radius 2 is 1.35 bits per heavy atom. The lowest BCUT2D eigenvalue weighted by molar-refractivity contribution is -0.00518. The third kappa shape index (κ3) is 2.26. The quantitative estimate of drug-likeness (QED) is 0.626. The highest BCUT2D eigenvalue weighted by atomic mass is 14.6. The van der Waals surface area contributed by atoms with Gasteiger partial charge in [0.05, 0.1) is 0 Å². The predicted octanol–water partition coefficient (Wildman–Crippen LogP) is 6.13. The Hall–Kier alpha value is -1.56. The topological polar surface area (TPSA) is 0 Å². The number of hydrogen-bond donors (Lipinski definition) is 0. The number of benzene rings is 2. The maximum Gasteiger partial charge on any atom is -0.00391 e. The molecule has 0 saturated heterocycles. The van der Waals surface area contributed by atoms with Gasteiger partial charge in [-0.2, -0.15) is 0 Å². The summed E-state index contributed by atoms with van der Waals surface area (Å²) in [5, 5.41) is 0. The second kappa shape index (κ2) is 4.97. The maximum atomic E-state index is 2.45. The molecule has 0 N–H and O–H groups in total. The summed E-state index contributed by atoms with van der Waals surface area (Å²) < 4.78 is 0. The molecule has 4 aliphatic rings. The molecule has 0 aliphatic heterocycles. The molecule has 0 heterocycles. The van der Waals surface area contributed by atoms with Gasteiger partial charge in [-0.05, 0) is 85.3 Å². The standard InChI is InChI=1S/C23H26/c1-16-3-2-4-21(9-16)20-5-7-22(8-6-20)23-13-17-10-18(14-23)12-19(11-17)15-23/h2-9,17-19H,10-15H2,1H3. The molecule has 4 saturated carbocycles. The Balaban J connectivity index is 1.48. The molecule has 0 aromatic heterocycles. The molecular formula is C23H26. The van der Waals surface area contributed by atoms with Crippen molar-refractivity contribution in [1.82, 2.24) is 0 Å². The first-order chi connectivity index (χ1) is 11.2. The average molecular weight is 302 g/mol. The van der Waals surface area contributed by atoms with Crippen molar-refractivity contribution in [2.75, 3.05) is 0 Å². The Morgan fingerprint density at radius 1 is 0.739 bits per heavy atom. The van der Waals surface area contributed by atoms with Crippen LogP contribution >= 0.6 is 0 Å². The molecular weight excluding hydrogens is 276 g/mol. The van der Waals surface area contributed by atoms with Crippen molar-refractivity contribution in [2.24, 2.45) is 17.8 Å². The maximum absolute atomic E-state index is 2.45. The molecule has 4 fully saturated rings. The minimum atomic E-state index is 0.528. The molecule has 4 bridgehead atoms. The van der Waals surface area contributed by atoms with E-state index >= 15 is 0 Å². The lowest BCUT2D eigenvalue weighted by Crippen LogP contribution is -2.48. The minimum Gasteiger partial charge on any atom is -0.0614 e. The predicted molar refractivity (Wildman–Crippen MR) is 96.5 cm³/mol. The van der Waals surface area contributed by atoms with Crippen LogP contribution in [0.25, 0.3) is 11.1 Å². The highest BCUT2D eigenvalue weighted by molar-refractivity contribution is 5.64. The number of rotatable bonds is 2. The zero-order chi connectivity index (χ0) is 15.4. The van der Waals surface area contributed by atoms with Crippen LogP contribution in [-0.4, -0.2) is 0 Å². The summed E-state index contributed by atoms with van der Waals surface area (Å²) in [7, 11) is 0. The van der Waals surface area contributed by atoms with Gasteiger partial charge in [0.25, 0.3) is 0 Å². The van der Waals surface area contributed by atoms with Gasteiger partial charge >= 0.3 is 0 Å². The normalized spacial score (nSPS) is 34.7. The van der Waals surface area contributed by atoms with Gasteiger partial charge in [-0.3, -0.25) is 0 Å². The van der Waals surface area contributed by atoms with E-state index in [-0.39, 0.29) is 0 Å². The second-order valence-electron chi connectivity index (χ2n) is 8.64. The molecule has 4 aliphatic carbocycles. The summed E-state index contributed by atoms with van der Waals surface area (Å²) in [5.41, 5.74) is 6.21. The molecule has 0 unspecified atom stereocenters. The van der Waals surface area contributed by atoms with Crippen LogP contribution in [0.3, 0.4) is 0 Å². The monoisotopic (exact) mass is 302 g/mol.